The molecule has 1 unspecified atom stereocenters. The molecule has 0 saturated heterocycles. The van der Waals surface area contributed by atoms with Gasteiger partial charge < -0.3 is 11.1 Å². The van der Waals surface area contributed by atoms with E-state index in [1.165, 1.54) is 6.20 Å². The summed E-state index contributed by atoms with van der Waals surface area (Å²) >= 11 is 0. The van der Waals surface area contributed by atoms with Crippen LogP contribution >= 0.6 is 0 Å². The number of pyridine rings is 1. The zero-order valence-electron chi connectivity index (χ0n) is 7.69. The summed E-state index contributed by atoms with van der Waals surface area (Å²) < 4.78 is 0. The molecule has 0 fully saturated rings. The van der Waals surface area contributed by atoms with E-state index in [1.807, 2.05) is 6.07 Å². The van der Waals surface area contributed by atoms with Gasteiger partial charge in [0.15, 0.2) is 0 Å². The van der Waals surface area contributed by atoms with Gasteiger partial charge in [-0.25, -0.2) is 4.98 Å². The number of nitrogens with one attached hydrogen (secondary N) is 1. The fourth-order valence-electron chi connectivity index (χ4n) is 0.903. The summed E-state index contributed by atoms with van der Waals surface area (Å²) in [5, 5.41) is 11.4. The van der Waals surface area contributed by atoms with Crippen molar-refractivity contribution in [2.45, 2.75) is 13.0 Å². The topological polar surface area (TPSA) is 91.8 Å². The molecule has 14 heavy (non-hydrogen) atoms. The Morgan fingerprint density at radius 1 is 1.79 bits per heavy atom. The third-order valence-electron chi connectivity index (χ3n) is 1.68. The second-order valence-corrected chi connectivity index (χ2v) is 2.81. The van der Waals surface area contributed by atoms with Crippen LogP contribution in [0.3, 0.4) is 0 Å². The third-order valence-corrected chi connectivity index (χ3v) is 1.68. The molecule has 1 rings (SSSR count). The van der Waals surface area contributed by atoms with Crippen molar-refractivity contribution in [1.82, 2.24) is 4.98 Å². The molecule has 0 radical (unpaired) electrons. The lowest BCUT2D eigenvalue weighted by atomic mass is 10.2. The molecule has 1 aromatic heterocycles. The molecule has 0 spiro atoms. The van der Waals surface area contributed by atoms with E-state index in [0.29, 0.717) is 11.4 Å². The van der Waals surface area contributed by atoms with Crippen molar-refractivity contribution in [1.29, 1.82) is 5.26 Å². The minimum absolute atomic E-state index is 0.298. The minimum atomic E-state index is -0.469. The first kappa shape index (κ1) is 9.99. The van der Waals surface area contributed by atoms with Crippen LogP contribution in [0.25, 0.3) is 0 Å². The Labute approximate surface area is 81.6 Å². The Morgan fingerprint density at radius 3 is 3.07 bits per heavy atom. The van der Waals surface area contributed by atoms with Crippen molar-refractivity contribution in [2.75, 3.05) is 5.32 Å². The summed E-state index contributed by atoms with van der Waals surface area (Å²) in [6, 6.07) is 4.66. The lowest BCUT2D eigenvalue weighted by Gasteiger charge is -2.10. The number of carbonyl (C=O) groups is 1. The summed E-state index contributed by atoms with van der Waals surface area (Å²) in [7, 11) is 0. The molecule has 0 bridgehead atoms. The molecule has 0 saturated carbocycles. The fraction of sp³-hybridized carbons (Fsp3) is 0.222. The smallest absolute Gasteiger partial charge is 0.239 e. The number of rotatable bonds is 3. The molecule has 1 aromatic rings. The zero-order chi connectivity index (χ0) is 10.6. The quantitative estimate of drug-likeness (QED) is 0.714. The lowest BCUT2D eigenvalue weighted by Crippen LogP contribution is -2.32. The standard InChI is InChI=1S/C9H10N4O/c1-6(9(11)14)13-7-2-3-12-8(4-7)5-10/h2-4,6H,1H3,(H2,11,14)(H,12,13). The number of nitrogens with two attached hydrogens (primary N) is 1. The Bertz CT molecular complexity index is 383. The van der Waals surface area contributed by atoms with E-state index < -0.39 is 11.9 Å². The number of nitriles is 1. The van der Waals surface area contributed by atoms with Crippen molar-refractivity contribution < 1.29 is 4.79 Å². The molecule has 1 atom stereocenters. The first-order valence-corrected chi connectivity index (χ1v) is 4.05. The van der Waals surface area contributed by atoms with Crippen LogP contribution in [0.5, 0.6) is 0 Å². The summed E-state index contributed by atoms with van der Waals surface area (Å²) in [5.74, 6) is -0.444. The predicted molar refractivity (Wildman–Crippen MR) is 51.2 cm³/mol. The molecule has 1 heterocycles. The molecule has 72 valence electrons. The second kappa shape index (κ2) is 4.23. The maximum atomic E-state index is 10.7. The average Bonchev–Trinajstić information content (AvgIpc) is 2.18. The molecule has 5 heteroatoms. The maximum Gasteiger partial charge on any atom is 0.239 e. The van der Waals surface area contributed by atoms with Gasteiger partial charge in [0.25, 0.3) is 0 Å². The van der Waals surface area contributed by atoms with Gasteiger partial charge in [-0.05, 0) is 19.1 Å². The highest BCUT2D eigenvalue weighted by Gasteiger charge is 2.07. The summed E-state index contributed by atoms with van der Waals surface area (Å²) in [6.07, 6.45) is 1.49. The minimum Gasteiger partial charge on any atom is -0.374 e. The number of aromatic nitrogens is 1. The van der Waals surface area contributed by atoms with Crippen molar-refractivity contribution in [2.24, 2.45) is 5.73 Å². The highest BCUT2D eigenvalue weighted by Crippen LogP contribution is 2.08. The first-order chi connectivity index (χ1) is 6.63. The van der Waals surface area contributed by atoms with Crippen LogP contribution in [-0.2, 0) is 4.79 Å². The van der Waals surface area contributed by atoms with E-state index in [1.54, 1.807) is 19.1 Å². The second-order valence-electron chi connectivity index (χ2n) is 2.81. The van der Waals surface area contributed by atoms with E-state index in [9.17, 15) is 4.79 Å². The zero-order valence-corrected chi connectivity index (χ0v) is 7.69. The SMILES string of the molecule is CC(Nc1ccnc(C#N)c1)C(N)=O. The van der Waals surface area contributed by atoms with Crippen molar-refractivity contribution in [3.8, 4) is 6.07 Å². The van der Waals surface area contributed by atoms with Crippen LogP contribution in [0.15, 0.2) is 18.3 Å². The van der Waals surface area contributed by atoms with Gasteiger partial charge >= 0.3 is 0 Å². The van der Waals surface area contributed by atoms with E-state index in [-0.39, 0.29) is 0 Å². The van der Waals surface area contributed by atoms with Crippen LogP contribution in [-0.4, -0.2) is 16.9 Å². The highest BCUT2D eigenvalue weighted by molar-refractivity contribution is 5.82. The molecule has 0 aliphatic rings. The predicted octanol–water partition coefficient (Wildman–Crippen LogP) is 0.239. The van der Waals surface area contributed by atoms with E-state index in [0.717, 1.165) is 0 Å². The number of hydrogen-bond donors (Lipinski definition) is 2. The molecule has 3 N–H and O–H groups in total. The molecule has 5 nitrogen and oxygen atoms in total. The Kier molecular flexibility index (Phi) is 3.02. The highest BCUT2D eigenvalue weighted by atomic mass is 16.1. The largest absolute Gasteiger partial charge is 0.374 e. The molecule has 0 aliphatic carbocycles. The van der Waals surface area contributed by atoms with Crippen LogP contribution < -0.4 is 11.1 Å². The molecule has 0 aliphatic heterocycles. The third kappa shape index (κ3) is 2.45. The normalized spacial score (nSPS) is 11.4. The van der Waals surface area contributed by atoms with Gasteiger partial charge in [0.05, 0.1) is 0 Å². The molecule has 1 amide bonds. The molecule has 0 aromatic carbocycles. The van der Waals surface area contributed by atoms with Crippen LogP contribution in [0.4, 0.5) is 5.69 Å². The first-order valence-electron chi connectivity index (χ1n) is 4.05. The van der Waals surface area contributed by atoms with Gasteiger partial charge in [-0.1, -0.05) is 0 Å². The molecular formula is C9H10N4O. The van der Waals surface area contributed by atoms with Gasteiger partial charge in [0.2, 0.25) is 5.91 Å². The number of primary amides is 1. The monoisotopic (exact) mass is 190 g/mol. The Balaban J connectivity index is 2.78. The molecular weight excluding hydrogens is 180 g/mol. The van der Waals surface area contributed by atoms with E-state index >= 15 is 0 Å². The lowest BCUT2D eigenvalue weighted by molar-refractivity contribution is -0.118. The number of amides is 1. The Morgan fingerprint density at radius 2 is 2.50 bits per heavy atom. The van der Waals surface area contributed by atoms with Crippen LogP contribution in [0, 0.1) is 11.3 Å². The summed E-state index contributed by atoms with van der Waals surface area (Å²) in [6.45, 7) is 1.65. The van der Waals surface area contributed by atoms with Gasteiger partial charge in [-0.2, -0.15) is 5.26 Å². The maximum absolute atomic E-state index is 10.7. The average molecular weight is 190 g/mol. The number of nitrogens with zero attached hydrogens (tertiary/aromatic N) is 2. The van der Waals surface area contributed by atoms with Crippen molar-refractivity contribution in [3.63, 3.8) is 0 Å². The van der Waals surface area contributed by atoms with Gasteiger partial charge in [-0.15, -0.1) is 0 Å². The van der Waals surface area contributed by atoms with Crippen molar-refractivity contribution in [3.05, 3.63) is 24.0 Å². The number of carbonyl (C=O) groups excluding carboxylic acids is 1. The number of anilines is 1. The fourth-order valence-corrected chi connectivity index (χ4v) is 0.903. The van der Waals surface area contributed by atoms with Gasteiger partial charge in [0.1, 0.15) is 17.8 Å². The van der Waals surface area contributed by atoms with E-state index in [4.69, 9.17) is 11.0 Å². The van der Waals surface area contributed by atoms with Crippen molar-refractivity contribution >= 4 is 11.6 Å². The Hall–Kier alpha value is -2.09. The van der Waals surface area contributed by atoms with Gasteiger partial charge in [0, 0.05) is 11.9 Å². The van der Waals surface area contributed by atoms with Crippen LogP contribution in [0.1, 0.15) is 12.6 Å². The summed E-state index contributed by atoms with van der Waals surface area (Å²) in [5.41, 5.74) is 6.03. The number of hydrogen-bond acceptors (Lipinski definition) is 4. The van der Waals surface area contributed by atoms with Crippen LogP contribution in [0.2, 0.25) is 0 Å². The van der Waals surface area contributed by atoms with E-state index in [2.05, 4.69) is 10.3 Å². The van der Waals surface area contributed by atoms with Gasteiger partial charge in [-0.3, -0.25) is 4.79 Å². The summed E-state index contributed by atoms with van der Waals surface area (Å²) in [4.78, 5) is 14.5.